The van der Waals surface area contributed by atoms with Gasteiger partial charge in [0.15, 0.2) is 5.82 Å². The predicted octanol–water partition coefficient (Wildman–Crippen LogP) is 1.42. The van der Waals surface area contributed by atoms with E-state index < -0.39 is 11.7 Å². The van der Waals surface area contributed by atoms with Crippen LogP contribution >= 0.6 is 11.6 Å². The molecule has 1 aromatic heterocycles. The molecule has 0 aliphatic carbocycles. The highest BCUT2D eigenvalue weighted by atomic mass is 35.5. The van der Waals surface area contributed by atoms with Gasteiger partial charge in [0.2, 0.25) is 5.91 Å². The lowest BCUT2D eigenvalue weighted by Gasteiger charge is -2.21. The summed E-state index contributed by atoms with van der Waals surface area (Å²) in [6.07, 6.45) is 1.20. The topological polar surface area (TPSA) is 89.4 Å². The van der Waals surface area contributed by atoms with E-state index >= 15 is 0 Å². The van der Waals surface area contributed by atoms with Crippen LogP contribution in [0.15, 0.2) is 18.2 Å². The van der Waals surface area contributed by atoms with Gasteiger partial charge in [0.1, 0.15) is 11.6 Å². The third-order valence-corrected chi connectivity index (χ3v) is 5.60. The first-order chi connectivity index (χ1) is 14.0. The molecular weight excluding hydrogens is 401 g/mol. The highest BCUT2D eigenvalue weighted by Crippen LogP contribution is 2.22. The molecule has 154 valence electrons. The Bertz CT molecular complexity index is 908. The summed E-state index contributed by atoms with van der Waals surface area (Å²) in [6, 6.07) is 4.19. The van der Waals surface area contributed by atoms with E-state index in [9.17, 15) is 14.0 Å². The van der Waals surface area contributed by atoms with Crippen LogP contribution in [-0.2, 0) is 29.0 Å². The molecule has 1 atom stereocenters. The molecule has 1 saturated heterocycles. The van der Waals surface area contributed by atoms with Gasteiger partial charge in [-0.1, -0.05) is 17.7 Å². The summed E-state index contributed by atoms with van der Waals surface area (Å²) in [6.45, 7) is 2.51. The van der Waals surface area contributed by atoms with Crippen molar-refractivity contribution in [2.75, 3.05) is 26.3 Å². The van der Waals surface area contributed by atoms with Crippen LogP contribution in [-0.4, -0.2) is 57.8 Å². The van der Waals surface area contributed by atoms with E-state index in [1.807, 2.05) is 4.57 Å². The van der Waals surface area contributed by atoms with E-state index in [0.29, 0.717) is 45.1 Å². The van der Waals surface area contributed by atoms with Crippen molar-refractivity contribution in [1.29, 1.82) is 0 Å². The van der Waals surface area contributed by atoms with Crippen LogP contribution in [0.4, 0.5) is 4.39 Å². The fourth-order valence-corrected chi connectivity index (χ4v) is 3.87. The number of nitrogens with zero attached hydrogens (tertiary/aromatic N) is 4. The van der Waals surface area contributed by atoms with Crippen LogP contribution in [0, 0.1) is 11.7 Å². The molecule has 2 aliphatic heterocycles. The Morgan fingerprint density at radius 2 is 2.14 bits per heavy atom. The van der Waals surface area contributed by atoms with Crippen molar-refractivity contribution >= 4 is 23.4 Å². The number of halogens is 2. The first-order valence-corrected chi connectivity index (χ1v) is 9.92. The number of hydrogen-bond acceptors (Lipinski definition) is 5. The summed E-state index contributed by atoms with van der Waals surface area (Å²) in [5.41, 5.74) is -0.113. The lowest BCUT2D eigenvalue weighted by Crippen LogP contribution is -2.35. The zero-order valence-corrected chi connectivity index (χ0v) is 16.5. The number of fused-ring (bicyclic) bond motifs is 1. The zero-order valence-electron chi connectivity index (χ0n) is 15.7. The average Bonchev–Trinajstić information content (AvgIpc) is 3.32. The van der Waals surface area contributed by atoms with Gasteiger partial charge in [0.25, 0.3) is 5.91 Å². The predicted molar refractivity (Wildman–Crippen MR) is 102 cm³/mol. The van der Waals surface area contributed by atoms with Crippen LogP contribution in [0.25, 0.3) is 0 Å². The van der Waals surface area contributed by atoms with Gasteiger partial charge < -0.3 is 19.5 Å². The number of hydrogen-bond donors (Lipinski definition) is 1. The van der Waals surface area contributed by atoms with Gasteiger partial charge in [-0.15, -0.1) is 10.2 Å². The van der Waals surface area contributed by atoms with Gasteiger partial charge in [-0.05, 0) is 18.6 Å². The smallest absolute Gasteiger partial charge is 0.258 e. The number of nitrogens with one attached hydrogen (secondary N) is 1. The largest absolute Gasteiger partial charge is 0.381 e. The van der Waals surface area contributed by atoms with Crippen molar-refractivity contribution in [3.8, 4) is 0 Å². The maximum Gasteiger partial charge on any atom is 0.258 e. The molecular formula is C19H21ClFN5O3. The number of amides is 2. The molecule has 0 bridgehead atoms. The Balaban J connectivity index is 1.42. The molecule has 0 unspecified atom stereocenters. The first-order valence-electron chi connectivity index (χ1n) is 9.54. The third-order valence-electron chi connectivity index (χ3n) is 5.29. The first kappa shape index (κ1) is 19.8. The maximum atomic E-state index is 14.1. The van der Waals surface area contributed by atoms with E-state index in [4.69, 9.17) is 16.3 Å². The second kappa shape index (κ2) is 8.46. The number of rotatable bonds is 4. The summed E-state index contributed by atoms with van der Waals surface area (Å²) in [7, 11) is 0. The molecule has 8 nitrogen and oxygen atoms in total. The van der Waals surface area contributed by atoms with Gasteiger partial charge in [-0.25, -0.2) is 4.39 Å². The molecule has 2 aromatic rings. The van der Waals surface area contributed by atoms with Crippen LogP contribution in [0.3, 0.4) is 0 Å². The molecule has 10 heteroatoms. The van der Waals surface area contributed by atoms with E-state index in [1.165, 1.54) is 18.2 Å². The molecule has 0 spiro atoms. The Kier molecular flexibility index (Phi) is 5.77. The second-order valence-corrected chi connectivity index (χ2v) is 7.51. The SMILES string of the molecule is O=C(NCc1nnc2n1CCN(C(=O)c1c(F)cccc1Cl)CC2)[C@@H]1CCOC1. The van der Waals surface area contributed by atoms with E-state index in [2.05, 4.69) is 15.5 Å². The third kappa shape index (κ3) is 4.11. The highest BCUT2D eigenvalue weighted by Gasteiger charge is 2.27. The summed E-state index contributed by atoms with van der Waals surface area (Å²) in [5.74, 6) is 0.104. The number of benzene rings is 1. The standard InChI is InChI=1S/C19H21ClFN5O3/c20-13-2-1-3-14(21)17(13)19(28)25-6-4-15-23-24-16(26(15)8-7-25)10-22-18(27)12-5-9-29-11-12/h1-3,12H,4-11H2,(H,22,27)/t12-/m1/s1. The number of aromatic nitrogens is 3. The Morgan fingerprint density at radius 3 is 2.90 bits per heavy atom. The highest BCUT2D eigenvalue weighted by molar-refractivity contribution is 6.33. The maximum absolute atomic E-state index is 14.1. The van der Waals surface area contributed by atoms with Crippen molar-refractivity contribution in [1.82, 2.24) is 25.0 Å². The Hall–Kier alpha value is -2.52. The molecule has 1 fully saturated rings. The molecule has 1 N–H and O–H groups in total. The second-order valence-electron chi connectivity index (χ2n) is 7.10. The van der Waals surface area contributed by atoms with Gasteiger partial charge >= 0.3 is 0 Å². The van der Waals surface area contributed by atoms with Crippen molar-refractivity contribution in [3.63, 3.8) is 0 Å². The van der Waals surface area contributed by atoms with Crippen molar-refractivity contribution in [3.05, 3.63) is 46.3 Å². The van der Waals surface area contributed by atoms with Crippen LogP contribution in [0.2, 0.25) is 5.02 Å². The minimum absolute atomic E-state index is 0.0560. The molecule has 29 heavy (non-hydrogen) atoms. The van der Waals surface area contributed by atoms with E-state index in [0.717, 1.165) is 12.2 Å². The average molecular weight is 422 g/mol. The van der Waals surface area contributed by atoms with Crippen molar-refractivity contribution in [2.45, 2.75) is 25.9 Å². The fraction of sp³-hybridized carbons (Fsp3) is 0.474. The van der Waals surface area contributed by atoms with E-state index in [-0.39, 0.29) is 29.0 Å². The summed E-state index contributed by atoms with van der Waals surface area (Å²) in [4.78, 5) is 26.6. The summed E-state index contributed by atoms with van der Waals surface area (Å²) < 4.78 is 21.3. The minimum Gasteiger partial charge on any atom is -0.381 e. The lowest BCUT2D eigenvalue weighted by atomic mass is 10.1. The molecule has 1 aromatic carbocycles. The van der Waals surface area contributed by atoms with Crippen LogP contribution < -0.4 is 5.32 Å². The van der Waals surface area contributed by atoms with Crippen molar-refractivity contribution in [2.24, 2.45) is 5.92 Å². The number of carbonyl (C=O) groups is 2. The van der Waals surface area contributed by atoms with Crippen LogP contribution in [0.1, 0.15) is 28.4 Å². The van der Waals surface area contributed by atoms with Gasteiger partial charge in [-0.3, -0.25) is 9.59 Å². The molecule has 2 aliphatic rings. The summed E-state index contributed by atoms with van der Waals surface area (Å²) >= 11 is 6.04. The summed E-state index contributed by atoms with van der Waals surface area (Å²) in [5, 5.41) is 11.3. The van der Waals surface area contributed by atoms with Crippen LogP contribution in [0.5, 0.6) is 0 Å². The number of ether oxygens (including phenoxy) is 1. The van der Waals surface area contributed by atoms with Crippen molar-refractivity contribution < 1.29 is 18.7 Å². The molecule has 4 rings (SSSR count). The Morgan fingerprint density at radius 1 is 1.28 bits per heavy atom. The van der Waals surface area contributed by atoms with Gasteiger partial charge in [0, 0.05) is 32.7 Å². The van der Waals surface area contributed by atoms with Gasteiger partial charge in [-0.2, -0.15) is 0 Å². The minimum atomic E-state index is -0.634. The monoisotopic (exact) mass is 421 g/mol. The quantitative estimate of drug-likeness (QED) is 0.806. The fourth-order valence-electron chi connectivity index (χ4n) is 3.63. The molecule has 3 heterocycles. The lowest BCUT2D eigenvalue weighted by molar-refractivity contribution is -0.125. The normalized spacial score (nSPS) is 19.0. The molecule has 2 amide bonds. The Labute approximate surface area is 172 Å². The zero-order chi connectivity index (χ0) is 20.4. The van der Waals surface area contributed by atoms with E-state index in [1.54, 1.807) is 4.90 Å². The molecule has 0 radical (unpaired) electrons. The molecule has 0 saturated carbocycles. The number of carbonyl (C=O) groups excluding carboxylic acids is 2. The van der Waals surface area contributed by atoms with Gasteiger partial charge in [0.05, 0.1) is 29.7 Å².